The highest BCUT2D eigenvalue weighted by atomic mass is 16.6. The molecule has 7 nitrogen and oxygen atoms in total. The molecule has 7 heteroatoms. The zero-order chi connectivity index (χ0) is 24.9. The van der Waals surface area contributed by atoms with Gasteiger partial charge in [-0.2, -0.15) is 0 Å². The van der Waals surface area contributed by atoms with E-state index < -0.39 is 6.10 Å². The minimum absolute atomic E-state index is 0.0513. The van der Waals surface area contributed by atoms with Gasteiger partial charge in [0.2, 0.25) is 6.10 Å². The molecule has 2 aromatic heterocycles. The Morgan fingerprint density at radius 2 is 1.89 bits per heavy atom. The number of rotatable bonds is 4. The second kappa shape index (κ2) is 8.76. The Balaban J connectivity index is 1.26. The molecule has 2 aromatic carbocycles. The van der Waals surface area contributed by atoms with E-state index in [2.05, 4.69) is 4.98 Å². The lowest BCUT2D eigenvalue weighted by Gasteiger charge is -2.34. The van der Waals surface area contributed by atoms with Crippen molar-refractivity contribution in [1.82, 2.24) is 14.5 Å². The lowest BCUT2D eigenvalue weighted by Crippen LogP contribution is -2.48. The molecule has 7 rings (SSSR count). The molecule has 4 heterocycles. The van der Waals surface area contributed by atoms with Crippen LogP contribution >= 0.6 is 0 Å². The largest absolute Gasteiger partial charge is 0.485 e. The van der Waals surface area contributed by atoms with Gasteiger partial charge in [0.25, 0.3) is 11.5 Å². The van der Waals surface area contributed by atoms with Crippen LogP contribution in [0, 0.1) is 5.92 Å². The van der Waals surface area contributed by atoms with E-state index in [1.165, 1.54) is 0 Å². The van der Waals surface area contributed by atoms with Gasteiger partial charge in [0.1, 0.15) is 6.61 Å². The van der Waals surface area contributed by atoms with Crippen LogP contribution < -0.4 is 15.0 Å². The number of hydrogen-bond donors (Lipinski definition) is 0. The highest BCUT2D eigenvalue weighted by molar-refractivity contribution is 5.96. The van der Waals surface area contributed by atoms with Gasteiger partial charge in [-0.05, 0) is 59.5 Å². The van der Waals surface area contributed by atoms with Crippen molar-refractivity contribution in [1.29, 1.82) is 0 Å². The van der Waals surface area contributed by atoms with Gasteiger partial charge in [0.15, 0.2) is 11.5 Å². The molecule has 37 heavy (non-hydrogen) atoms. The van der Waals surface area contributed by atoms with Crippen molar-refractivity contribution >= 4 is 16.7 Å². The maximum absolute atomic E-state index is 13.9. The van der Waals surface area contributed by atoms with Crippen molar-refractivity contribution in [3.05, 3.63) is 88.6 Å². The van der Waals surface area contributed by atoms with Crippen molar-refractivity contribution < 1.29 is 14.3 Å². The van der Waals surface area contributed by atoms with Gasteiger partial charge < -0.3 is 18.9 Å². The van der Waals surface area contributed by atoms with Crippen LogP contribution in [0.25, 0.3) is 21.9 Å². The smallest absolute Gasteiger partial charge is 0.267 e. The van der Waals surface area contributed by atoms with Crippen LogP contribution in [0.4, 0.5) is 0 Å². The summed E-state index contributed by atoms with van der Waals surface area (Å²) in [5.74, 6) is 1.73. The monoisotopic (exact) mass is 493 g/mol. The predicted molar refractivity (Wildman–Crippen MR) is 140 cm³/mol. The van der Waals surface area contributed by atoms with E-state index in [0.717, 1.165) is 47.0 Å². The first-order valence-corrected chi connectivity index (χ1v) is 12.9. The summed E-state index contributed by atoms with van der Waals surface area (Å²) in [6, 6.07) is 17.4. The van der Waals surface area contributed by atoms with Crippen LogP contribution in [0.15, 0.2) is 71.8 Å². The molecule has 0 N–H and O–H groups in total. The normalized spacial score (nSPS) is 18.5. The first kappa shape index (κ1) is 22.1. The molecule has 0 spiro atoms. The standard InChI is InChI=1S/C30H27N3O4/c34-29-24(23-5-3-4-20-15-31-12-10-22(20)23)14-21-17-32(13-11-25(21)33(29)16-19-8-9-19)30(35)28-18-36-26-6-1-2-7-27(26)37-28/h1-7,10,12,14-15,19,28H,8-9,11,13,16-18H2. The van der Waals surface area contributed by atoms with Gasteiger partial charge >= 0.3 is 0 Å². The van der Waals surface area contributed by atoms with Crippen LogP contribution in [0.3, 0.4) is 0 Å². The average molecular weight is 494 g/mol. The van der Waals surface area contributed by atoms with Crippen LogP contribution in [0.5, 0.6) is 11.5 Å². The van der Waals surface area contributed by atoms with Gasteiger partial charge in [-0.3, -0.25) is 14.6 Å². The summed E-state index contributed by atoms with van der Waals surface area (Å²) in [5.41, 5.74) is 3.71. The third kappa shape index (κ3) is 3.95. The fourth-order valence-electron chi connectivity index (χ4n) is 5.55. The minimum Gasteiger partial charge on any atom is -0.485 e. The zero-order valence-electron chi connectivity index (χ0n) is 20.4. The molecule has 0 radical (unpaired) electrons. The summed E-state index contributed by atoms with van der Waals surface area (Å²) < 4.78 is 13.8. The van der Waals surface area contributed by atoms with Gasteiger partial charge in [-0.15, -0.1) is 0 Å². The third-order valence-corrected chi connectivity index (χ3v) is 7.67. The van der Waals surface area contributed by atoms with Gasteiger partial charge in [0.05, 0.1) is 0 Å². The number of para-hydroxylation sites is 2. The number of aromatic nitrogens is 2. The Morgan fingerprint density at radius 1 is 1.03 bits per heavy atom. The summed E-state index contributed by atoms with van der Waals surface area (Å²) in [6.07, 6.45) is 5.88. The lowest BCUT2D eigenvalue weighted by atomic mass is 9.96. The highest BCUT2D eigenvalue weighted by Gasteiger charge is 2.34. The number of carbonyl (C=O) groups is 1. The summed E-state index contributed by atoms with van der Waals surface area (Å²) in [7, 11) is 0. The summed E-state index contributed by atoms with van der Waals surface area (Å²) in [4.78, 5) is 33.4. The molecule has 4 aromatic rings. The van der Waals surface area contributed by atoms with Crippen molar-refractivity contribution in [3.63, 3.8) is 0 Å². The Kier molecular flexibility index (Phi) is 5.23. The fraction of sp³-hybridized carbons (Fsp3) is 0.300. The van der Waals surface area contributed by atoms with E-state index in [1.807, 2.05) is 70.3 Å². The number of benzene rings is 2. The number of fused-ring (bicyclic) bond motifs is 3. The SMILES string of the molecule is O=C(C1COc2ccccc2O1)N1CCc2c(cc(-c3cccc4cnccc34)c(=O)n2CC2CC2)C1. The molecule has 1 amide bonds. The number of hydrogen-bond acceptors (Lipinski definition) is 5. The molecule has 1 unspecified atom stereocenters. The van der Waals surface area contributed by atoms with Crippen LogP contribution in [0.1, 0.15) is 24.1 Å². The van der Waals surface area contributed by atoms with E-state index in [4.69, 9.17) is 9.47 Å². The molecular formula is C30H27N3O4. The molecule has 1 saturated carbocycles. The second-order valence-electron chi connectivity index (χ2n) is 10.2. The van der Waals surface area contributed by atoms with E-state index >= 15 is 0 Å². The quantitative estimate of drug-likeness (QED) is 0.426. The van der Waals surface area contributed by atoms with Crippen LogP contribution in [0.2, 0.25) is 0 Å². The highest BCUT2D eigenvalue weighted by Crippen LogP contribution is 2.35. The number of nitrogens with zero attached hydrogens (tertiary/aromatic N) is 3. The van der Waals surface area contributed by atoms with E-state index in [1.54, 1.807) is 6.20 Å². The number of ether oxygens (including phenoxy) is 2. The molecule has 1 atom stereocenters. The van der Waals surface area contributed by atoms with Gasteiger partial charge in [0, 0.05) is 55.1 Å². The van der Waals surface area contributed by atoms with Crippen LogP contribution in [-0.2, 0) is 24.3 Å². The topological polar surface area (TPSA) is 73.7 Å². The van der Waals surface area contributed by atoms with Crippen molar-refractivity contribution in [3.8, 4) is 22.6 Å². The first-order valence-electron chi connectivity index (χ1n) is 12.9. The van der Waals surface area contributed by atoms with Crippen molar-refractivity contribution in [2.45, 2.75) is 38.5 Å². The number of amides is 1. The molecule has 186 valence electrons. The van der Waals surface area contributed by atoms with E-state index in [9.17, 15) is 9.59 Å². The third-order valence-electron chi connectivity index (χ3n) is 7.67. The summed E-state index contributed by atoms with van der Waals surface area (Å²) >= 11 is 0. The Hall–Kier alpha value is -4.13. The van der Waals surface area contributed by atoms with Crippen molar-refractivity contribution in [2.24, 2.45) is 5.92 Å². The van der Waals surface area contributed by atoms with E-state index in [0.29, 0.717) is 42.5 Å². The molecule has 1 fully saturated rings. The fourth-order valence-corrected chi connectivity index (χ4v) is 5.55. The Morgan fingerprint density at radius 3 is 2.76 bits per heavy atom. The maximum atomic E-state index is 13.9. The number of carbonyl (C=O) groups excluding carboxylic acids is 1. The molecular weight excluding hydrogens is 466 g/mol. The average Bonchev–Trinajstić information content (AvgIpc) is 3.77. The Labute approximate surface area is 214 Å². The van der Waals surface area contributed by atoms with Crippen LogP contribution in [-0.4, -0.2) is 39.6 Å². The minimum atomic E-state index is -0.682. The molecule has 2 aliphatic heterocycles. The zero-order valence-corrected chi connectivity index (χ0v) is 20.4. The second-order valence-corrected chi connectivity index (χ2v) is 10.2. The van der Waals surface area contributed by atoms with E-state index in [-0.39, 0.29) is 18.1 Å². The molecule has 0 saturated heterocycles. The Bertz CT molecular complexity index is 1580. The van der Waals surface area contributed by atoms with Gasteiger partial charge in [-0.25, -0.2) is 0 Å². The summed E-state index contributed by atoms with van der Waals surface area (Å²) in [5, 5.41) is 2.00. The maximum Gasteiger partial charge on any atom is 0.267 e. The molecule has 1 aliphatic carbocycles. The molecule has 0 bridgehead atoms. The number of pyridine rings is 2. The van der Waals surface area contributed by atoms with Gasteiger partial charge in [-0.1, -0.05) is 30.3 Å². The lowest BCUT2D eigenvalue weighted by molar-refractivity contribution is -0.142. The van der Waals surface area contributed by atoms with Crippen molar-refractivity contribution in [2.75, 3.05) is 13.2 Å². The summed E-state index contributed by atoms with van der Waals surface area (Å²) in [6.45, 7) is 1.93. The first-order chi connectivity index (χ1) is 18.2. The predicted octanol–water partition coefficient (Wildman–Crippen LogP) is 4.20. The molecule has 3 aliphatic rings.